The van der Waals surface area contributed by atoms with Gasteiger partial charge in [0.05, 0.1) is 17.8 Å². The van der Waals surface area contributed by atoms with Crippen molar-refractivity contribution in [2.75, 3.05) is 13.2 Å². The molecule has 4 nitrogen and oxygen atoms in total. The van der Waals surface area contributed by atoms with Gasteiger partial charge in [-0.15, -0.1) is 0 Å². The molecule has 2 atom stereocenters. The zero-order valence-electron chi connectivity index (χ0n) is 12.5. The number of ether oxygens (including phenoxy) is 1. The number of carbonyl (C=O) groups is 1. The summed E-state index contributed by atoms with van der Waals surface area (Å²) in [7, 11) is 0. The molecule has 0 spiro atoms. The minimum absolute atomic E-state index is 0.147. The summed E-state index contributed by atoms with van der Waals surface area (Å²) < 4.78 is 5.50. The highest BCUT2D eigenvalue weighted by Crippen LogP contribution is 2.23. The molecule has 0 radical (unpaired) electrons. The third-order valence-electron chi connectivity index (χ3n) is 3.68. The molecule has 1 heterocycles. The zero-order chi connectivity index (χ0) is 13.8. The van der Waals surface area contributed by atoms with Crippen LogP contribution in [0.25, 0.3) is 0 Å². The number of rotatable bonds is 7. The van der Waals surface area contributed by atoms with Crippen LogP contribution in [0.2, 0.25) is 0 Å². The van der Waals surface area contributed by atoms with E-state index in [9.17, 15) is 4.79 Å². The van der Waals surface area contributed by atoms with Crippen LogP contribution >= 0.6 is 0 Å². The van der Waals surface area contributed by atoms with Crippen molar-refractivity contribution in [3.8, 4) is 0 Å². The van der Waals surface area contributed by atoms with Crippen LogP contribution in [-0.2, 0) is 9.53 Å². The van der Waals surface area contributed by atoms with E-state index >= 15 is 0 Å². The maximum atomic E-state index is 12.3. The maximum Gasteiger partial charge on any atom is 0.243 e. The van der Waals surface area contributed by atoms with Gasteiger partial charge in [0.2, 0.25) is 5.91 Å². The van der Waals surface area contributed by atoms with E-state index in [1.807, 2.05) is 25.7 Å². The third-order valence-corrected chi connectivity index (χ3v) is 3.68. The normalized spacial score (nSPS) is 28.4. The molecule has 1 aliphatic rings. The summed E-state index contributed by atoms with van der Waals surface area (Å²) in [6.07, 6.45) is 3.29. The summed E-state index contributed by atoms with van der Waals surface area (Å²) in [5.74, 6) is 0.238. The van der Waals surface area contributed by atoms with Crippen LogP contribution in [0, 0.1) is 0 Å². The molecular weight excluding hydrogens is 228 g/mol. The van der Waals surface area contributed by atoms with Crippen molar-refractivity contribution in [1.82, 2.24) is 10.2 Å². The van der Waals surface area contributed by atoms with Gasteiger partial charge in [-0.25, -0.2) is 0 Å². The Kier molecular flexibility index (Phi) is 5.60. The molecule has 1 aliphatic heterocycles. The van der Waals surface area contributed by atoms with Crippen molar-refractivity contribution >= 4 is 5.91 Å². The van der Waals surface area contributed by atoms with Gasteiger partial charge in [0.25, 0.3) is 0 Å². The Morgan fingerprint density at radius 1 is 1.44 bits per heavy atom. The quantitative estimate of drug-likeness (QED) is 0.710. The number of hydrogen-bond donors (Lipinski definition) is 1. The highest BCUT2D eigenvalue weighted by Gasteiger charge is 2.44. The van der Waals surface area contributed by atoms with Crippen molar-refractivity contribution in [1.29, 1.82) is 0 Å². The van der Waals surface area contributed by atoms with E-state index < -0.39 is 0 Å². The van der Waals surface area contributed by atoms with E-state index in [1.54, 1.807) is 0 Å². The second-order valence-corrected chi connectivity index (χ2v) is 5.63. The Balaban J connectivity index is 2.32. The second-order valence-electron chi connectivity index (χ2n) is 5.63. The monoisotopic (exact) mass is 256 g/mol. The van der Waals surface area contributed by atoms with Crippen LogP contribution in [0.4, 0.5) is 0 Å². The molecular formula is C14H28N2O2. The van der Waals surface area contributed by atoms with Gasteiger partial charge in [-0.2, -0.15) is 0 Å². The Hall–Kier alpha value is -0.610. The first-order valence-electron chi connectivity index (χ1n) is 7.11. The summed E-state index contributed by atoms with van der Waals surface area (Å²) in [5, 5.41) is 3.38. The van der Waals surface area contributed by atoms with E-state index in [4.69, 9.17) is 4.74 Å². The molecule has 2 unspecified atom stereocenters. The number of nitrogens with zero attached hydrogens (tertiary/aromatic N) is 1. The smallest absolute Gasteiger partial charge is 0.243 e. The molecule has 0 bridgehead atoms. The summed E-state index contributed by atoms with van der Waals surface area (Å²) in [6.45, 7) is 11.8. The molecule has 0 aromatic carbocycles. The largest absolute Gasteiger partial charge is 0.379 e. The first-order chi connectivity index (χ1) is 8.40. The fraction of sp³-hybridized carbons (Fsp3) is 0.929. The van der Waals surface area contributed by atoms with Crippen molar-refractivity contribution in [3.63, 3.8) is 0 Å². The van der Waals surface area contributed by atoms with Gasteiger partial charge in [-0.3, -0.25) is 10.1 Å². The highest BCUT2D eigenvalue weighted by atomic mass is 16.5. The van der Waals surface area contributed by atoms with Crippen molar-refractivity contribution in [2.45, 2.75) is 71.7 Å². The fourth-order valence-corrected chi connectivity index (χ4v) is 2.35. The number of carbonyl (C=O) groups excluding carboxylic acids is 1. The molecule has 0 aliphatic carbocycles. The molecule has 106 valence electrons. The number of unbranched alkanes of at least 4 members (excludes halogenated alkanes) is 1. The van der Waals surface area contributed by atoms with E-state index in [0.29, 0.717) is 6.10 Å². The first kappa shape index (κ1) is 15.4. The predicted octanol–water partition coefficient (Wildman–Crippen LogP) is 2.14. The number of nitrogens with one attached hydrogen (secondary N) is 1. The Morgan fingerprint density at radius 2 is 2.11 bits per heavy atom. The van der Waals surface area contributed by atoms with E-state index in [2.05, 4.69) is 19.2 Å². The lowest BCUT2D eigenvalue weighted by Gasteiger charge is -2.21. The standard InChI is InChI=1S/C14H28N2O2/c1-6-14(5)13(17)16(12(4)15-14)9-7-8-10-18-11(2)3/h11-12,15H,6-10H2,1-5H3. The van der Waals surface area contributed by atoms with Gasteiger partial charge in [-0.1, -0.05) is 6.92 Å². The Bertz CT molecular complexity index is 281. The lowest BCUT2D eigenvalue weighted by atomic mass is 9.99. The molecule has 0 aromatic heterocycles. The van der Waals surface area contributed by atoms with E-state index in [-0.39, 0.29) is 17.6 Å². The van der Waals surface area contributed by atoms with Gasteiger partial charge in [0, 0.05) is 13.2 Å². The highest BCUT2D eigenvalue weighted by molar-refractivity contribution is 5.88. The van der Waals surface area contributed by atoms with Crippen LogP contribution in [0.3, 0.4) is 0 Å². The van der Waals surface area contributed by atoms with Gasteiger partial charge in [0.1, 0.15) is 0 Å². The van der Waals surface area contributed by atoms with Gasteiger partial charge >= 0.3 is 0 Å². The average molecular weight is 256 g/mol. The third kappa shape index (κ3) is 3.69. The lowest BCUT2D eigenvalue weighted by molar-refractivity contribution is -0.132. The minimum atomic E-state index is -0.367. The van der Waals surface area contributed by atoms with Gasteiger partial charge in [-0.05, 0) is 47.0 Å². The van der Waals surface area contributed by atoms with E-state index in [0.717, 1.165) is 32.4 Å². The van der Waals surface area contributed by atoms with Crippen LogP contribution in [0.5, 0.6) is 0 Å². The Morgan fingerprint density at radius 3 is 2.61 bits per heavy atom. The second kappa shape index (κ2) is 6.53. The molecule has 1 N–H and O–H groups in total. The minimum Gasteiger partial charge on any atom is -0.379 e. The van der Waals surface area contributed by atoms with E-state index in [1.165, 1.54) is 0 Å². The molecule has 4 heteroatoms. The number of hydrogen-bond acceptors (Lipinski definition) is 3. The molecule has 1 saturated heterocycles. The summed E-state index contributed by atoms with van der Waals surface area (Å²) in [5.41, 5.74) is -0.367. The van der Waals surface area contributed by atoms with Crippen LogP contribution < -0.4 is 5.32 Å². The summed E-state index contributed by atoms with van der Waals surface area (Å²) in [4.78, 5) is 14.2. The topological polar surface area (TPSA) is 41.6 Å². The van der Waals surface area contributed by atoms with Crippen molar-refractivity contribution in [2.24, 2.45) is 0 Å². The molecule has 1 fully saturated rings. The van der Waals surface area contributed by atoms with Crippen LogP contribution in [0.1, 0.15) is 53.9 Å². The van der Waals surface area contributed by atoms with Crippen LogP contribution in [-0.4, -0.2) is 41.8 Å². The number of amides is 1. The molecule has 1 rings (SSSR count). The molecule has 0 saturated carbocycles. The Labute approximate surface area is 111 Å². The SMILES string of the molecule is CCC1(C)NC(C)N(CCCCOC(C)C)C1=O. The lowest BCUT2D eigenvalue weighted by Crippen LogP contribution is -2.43. The molecule has 0 aromatic rings. The maximum absolute atomic E-state index is 12.3. The van der Waals surface area contributed by atoms with Crippen molar-refractivity contribution in [3.05, 3.63) is 0 Å². The van der Waals surface area contributed by atoms with Crippen molar-refractivity contribution < 1.29 is 9.53 Å². The van der Waals surface area contributed by atoms with Gasteiger partial charge < -0.3 is 9.64 Å². The van der Waals surface area contributed by atoms with Gasteiger partial charge in [0.15, 0.2) is 0 Å². The van der Waals surface area contributed by atoms with Crippen LogP contribution in [0.15, 0.2) is 0 Å². The fourth-order valence-electron chi connectivity index (χ4n) is 2.35. The molecule has 1 amide bonds. The zero-order valence-corrected chi connectivity index (χ0v) is 12.5. The average Bonchev–Trinajstić information content (AvgIpc) is 2.52. The first-order valence-corrected chi connectivity index (χ1v) is 7.11. The predicted molar refractivity (Wildman–Crippen MR) is 73.3 cm³/mol. The summed E-state index contributed by atoms with van der Waals surface area (Å²) in [6, 6.07) is 0. The summed E-state index contributed by atoms with van der Waals surface area (Å²) >= 11 is 0. The molecule has 18 heavy (non-hydrogen) atoms.